The highest BCUT2D eigenvalue weighted by atomic mass is 35.5. The average Bonchev–Trinajstić information content (AvgIpc) is 2.38. The van der Waals surface area contributed by atoms with Crippen LogP contribution < -0.4 is 0 Å². The first kappa shape index (κ1) is 20.4. The molecule has 0 unspecified atom stereocenters. The molecule has 0 radical (unpaired) electrons. The molecule has 0 aliphatic carbocycles. The van der Waals surface area contributed by atoms with Gasteiger partial charge in [-0.1, -0.05) is 64.2 Å². The van der Waals surface area contributed by atoms with Crippen LogP contribution in [-0.4, -0.2) is 22.3 Å². The van der Waals surface area contributed by atoms with Crippen molar-refractivity contribution in [3.05, 3.63) is 0 Å². The van der Waals surface area contributed by atoms with Crippen molar-refractivity contribution in [3.8, 4) is 0 Å². The Bertz CT molecular complexity index is 245. The SMILES string of the molecule is O=P(O)(O)OCCCCCCCCCCCCCCCl. The minimum atomic E-state index is -4.26. The summed E-state index contributed by atoms with van der Waals surface area (Å²) in [7, 11) is -4.26. The number of alkyl halides is 1. The van der Waals surface area contributed by atoms with Gasteiger partial charge in [-0.2, -0.15) is 0 Å². The van der Waals surface area contributed by atoms with Crippen LogP contribution in [0.2, 0.25) is 0 Å². The molecule has 0 atom stereocenters. The summed E-state index contributed by atoms with van der Waals surface area (Å²) in [5.74, 6) is 0.791. The third kappa shape index (κ3) is 18.4. The van der Waals surface area contributed by atoms with Crippen molar-refractivity contribution >= 4 is 19.4 Å². The second kappa shape index (κ2) is 14.3. The van der Waals surface area contributed by atoms with E-state index < -0.39 is 7.82 Å². The monoisotopic (exact) mass is 328 g/mol. The zero-order valence-electron chi connectivity index (χ0n) is 12.4. The summed E-state index contributed by atoms with van der Waals surface area (Å²) in [6.45, 7) is 0.159. The fourth-order valence-electron chi connectivity index (χ4n) is 2.15. The van der Waals surface area contributed by atoms with Gasteiger partial charge in [-0.3, -0.25) is 4.52 Å². The lowest BCUT2D eigenvalue weighted by molar-refractivity contribution is 0.193. The molecular weight excluding hydrogens is 299 g/mol. The number of phosphoric ester groups is 1. The first-order valence-corrected chi connectivity index (χ1v) is 9.89. The van der Waals surface area contributed by atoms with Crippen molar-refractivity contribution < 1.29 is 18.9 Å². The standard InChI is InChI=1S/C14H30ClO4P/c15-13-11-9-7-5-3-1-2-4-6-8-10-12-14-19-20(16,17)18/h1-14H2,(H2,16,17,18). The fourth-order valence-corrected chi connectivity index (χ4v) is 2.70. The van der Waals surface area contributed by atoms with Crippen LogP contribution in [0.1, 0.15) is 77.0 Å². The summed E-state index contributed by atoms with van der Waals surface area (Å²) in [6.07, 6.45) is 14.3. The molecule has 0 aliphatic heterocycles. The molecule has 0 aromatic heterocycles. The van der Waals surface area contributed by atoms with Gasteiger partial charge in [-0.05, 0) is 12.8 Å². The molecule has 0 heterocycles. The number of halogens is 1. The Labute approximate surface area is 128 Å². The van der Waals surface area contributed by atoms with E-state index in [1.807, 2.05) is 0 Å². The smallest absolute Gasteiger partial charge is 0.303 e. The predicted octanol–water partition coefficient (Wildman–Crippen LogP) is 5.02. The van der Waals surface area contributed by atoms with E-state index in [0.717, 1.165) is 31.6 Å². The van der Waals surface area contributed by atoms with E-state index in [9.17, 15) is 4.57 Å². The Morgan fingerprint density at radius 2 is 1.05 bits per heavy atom. The Morgan fingerprint density at radius 3 is 1.40 bits per heavy atom. The molecule has 0 amide bonds. The quantitative estimate of drug-likeness (QED) is 0.252. The van der Waals surface area contributed by atoms with Crippen LogP contribution in [-0.2, 0) is 9.09 Å². The van der Waals surface area contributed by atoms with Crippen molar-refractivity contribution in [2.75, 3.05) is 12.5 Å². The summed E-state index contributed by atoms with van der Waals surface area (Å²) in [5.41, 5.74) is 0. The summed E-state index contributed by atoms with van der Waals surface area (Å²) in [5, 5.41) is 0. The molecule has 0 aliphatic rings. The Balaban J connectivity index is 3.01. The summed E-state index contributed by atoms with van der Waals surface area (Å²) >= 11 is 5.62. The van der Waals surface area contributed by atoms with Crippen molar-refractivity contribution in [3.63, 3.8) is 0 Å². The predicted molar refractivity (Wildman–Crippen MR) is 84.1 cm³/mol. The Kier molecular flexibility index (Phi) is 14.6. The van der Waals surface area contributed by atoms with Gasteiger partial charge in [-0.15, -0.1) is 11.6 Å². The molecule has 0 saturated carbocycles. The highest BCUT2D eigenvalue weighted by Crippen LogP contribution is 2.35. The number of hydrogen-bond donors (Lipinski definition) is 2. The van der Waals surface area contributed by atoms with Crippen LogP contribution in [0.15, 0.2) is 0 Å². The maximum Gasteiger partial charge on any atom is 0.469 e. The molecule has 0 rings (SSSR count). The Morgan fingerprint density at radius 1 is 0.700 bits per heavy atom. The summed E-state index contributed by atoms with van der Waals surface area (Å²) in [4.78, 5) is 17.0. The van der Waals surface area contributed by atoms with E-state index >= 15 is 0 Å². The van der Waals surface area contributed by atoms with E-state index in [1.54, 1.807) is 0 Å². The van der Waals surface area contributed by atoms with Gasteiger partial charge in [-0.25, -0.2) is 4.57 Å². The minimum Gasteiger partial charge on any atom is -0.303 e. The maximum atomic E-state index is 10.4. The zero-order valence-corrected chi connectivity index (χ0v) is 14.1. The molecule has 122 valence electrons. The lowest BCUT2D eigenvalue weighted by Gasteiger charge is -2.05. The fraction of sp³-hybridized carbons (Fsp3) is 1.00. The molecular formula is C14H30ClO4P. The third-order valence-electron chi connectivity index (χ3n) is 3.29. The highest BCUT2D eigenvalue weighted by molar-refractivity contribution is 7.46. The van der Waals surface area contributed by atoms with Gasteiger partial charge in [0, 0.05) is 5.88 Å². The van der Waals surface area contributed by atoms with E-state index in [0.29, 0.717) is 0 Å². The van der Waals surface area contributed by atoms with Crippen molar-refractivity contribution in [2.45, 2.75) is 77.0 Å². The largest absolute Gasteiger partial charge is 0.469 e. The number of hydrogen-bond acceptors (Lipinski definition) is 2. The molecule has 6 heteroatoms. The van der Waals surface area contributed by atoms with Gasteiger partial charge >= 0.3 is 7.82 Å². The third-order valence-corrected chi connectivity index (χ3v) is 4.07. The number of rotatable bonds is 15. The molecule has 20 heavy (non-hydrogen) atoms. The van der Waals surface area contributed by atoms with E-state index in [2.05, 4.69) is 4.52 Å². The van der Waals surface area contributed by atoms with Gasteiger partial charge in [0.05, 0.1) is 6.61 Å². The molecule has 0 bridgehead atoms. The molecule has 0 saturated heterocycles. The van der Waals surface area contributed by atoms with Crippen molar-refractivity contribution in [2.24, 2.45) is 0 Å². The number of phosphoric acid groups is 1. The first-order valence-electron chi connectivity index (χ1n) is 7.82. The van der Waals surface area contributed by atoms with Crippen LogP contribution >= 0.6 is 19.4 Å². The van der Waals surface area contributed by atoms with Gasteiger partial charge in [0.15, 0.2) is 0 Å². The van der Waals surface area contributed by atoms with Crippen LogP contribution in [0.5, 0.6) is 0 Å². The second-order valence-electron chi connectivity index (χ2n) is 5.26. The molecule has 2 N–H and O–H groups in total. The lowest BCUT2D eigenvalue weighted by Crippen LogP contribution is -1.92. The van der Waals surface area contributed by atoms with Gasteiger partial charge < -0.3 is 9.79 Å². The lowest BCUT2D eigenvalue weighted by atomic mass is 10.1. The highest BCUT2D eigenvalue weighted by Gasteiger charge is 2.12. The van der Waals surface area contributed by atoms with Crippen molar-refractivity contribution in [1.29, 1.82) is 0 Å². The van der Waals surface area contributed by atoms with Crippen molar-refractivity contribution in [1.82, 2.24) is 0 Å². The maximum absolute atomic E-state index is 10.4. The summed E-state index contributed by atoms with van der Waals surface area (Å²) < 4.78 is 14.8. The van der Waals surface area contributed by atoms with Gasteiger partial charge in [0.25, 0.3) is 0 Å². The normalized spacial score (nSPS) is 11.9. The van der Waals surface area contributed by atoms with Crippen LogP contribution in [0.3, 0.4) is 0 Å². The minimum absolute atomic E-state index is 0.159. The van der Waals surface area contributed by atoms with E-state index in [-0.39, 0.29) is 6.61 Å². The van der Waals surface area contributed by atoms with Gasteiger partial charge in [0.1, 0.15) is 0 Å². The molecule has 0 fully saturated rings. The van der Waals surface area contributed by atoms with E-state index in [1.165, 1.54) is 51.4 Å². The molecule has 0 aromatic rings. The number of unbranched alkanes of at least 4 members (excludes halogenated alkanes) is 11. The first-order chi connectivity index (χ1) is 9.56. The van der Waals surface area contributed by atoms with Crippen LogP contribution in [0.25, 0.3) is 0 Å². The second-order valence-corrected chi connectivity index (χ2v) is 6.87. The Hall–Kier alpha value is 0.400. The van der Waals surface area contributed by atoms with Crippen LogP contribution in [0.4, 0.5) is 0 Å². The molecule has 4 nitrogen and oxygen atoms in total. The van der Waals surface area contributed by atoms with Gasteiger partial charge in [0.2, 0.25) is 0 Å². The molecule has 0 spiro atoms. The average molecular weight is 329 g/mol. The van der Waals surface area contributed by atoms with E-state index in [4.69, 9.17) is 21.4 Å². The van der Waals surface area contributed by atoms with Crippen LogP contribution in [0, 0.1) is 0 Å². The summed E-state index contributed by atoms with van der Waals surface area (Å²) in [6, 6.07) is 0. The zero-order chi connectivity index (χ0) is 15.1. The molecule has 0 aromatic carbocycles. The topological polar surface area (TPSA) is 66.8 Å².